The zero-order valence-electron chi connectivity index (χ0n) is 9.68. The van der Waals surface area contributed by atoms with Gasteiger partial charge in [-0.25, -0.2) is 5.43 Å². The van der Waals surface area contributed by atoms with E-state index in [4.69, 9.17) is 23.2 Å². The molecule has 1 N–H and O–H groups in total. The van der Waals surface area contributed by atoms with Crippen molar-refractivity contribution in [1.29, 1.82) is 0 Å². The minimum absolute atomic E-state index is 0.316. The van der Waals surface area contributed by atoms with Crippen LogP contribution < -0.4 is 5.43 Å². The van der Waals surface area contributed by atoms with Crippen LogP contribution in [0.1, 0.15) is 15.9 Å². The van der Waals surface area contributed by atoms with Gasteiger partial charge >= 0.3 is 0 Å². The molecule has 0 aliphatic rings. The van der Waals surface area contributed by atoms with E-state index in [0.29, 0.717) is 21.2 Å². The van der Waals surface area contributed by atoms with Gasteiger partial charge in [0, 0.05) is 28.5 Å². The van der Waals surface area contributed by atoms with Crippen LogP contribution in [0.15, 0.2) is 47.8 Å². The number of pyridine rings is 1. The Bertz CT molecular complexity index is 615. The molecule has 0 aliphatic heterocycles. The van der Waals surface area contributed by atoms with Gasteiger partial charge in [-0.2, -0.15) is 5.10 Å². The predicted molar refractivity (Wildman–Crippen MR) is 75.8 cm³/mol. The summed E-state index contributed by atoms with van der Waals surface area (Å²) in [5, 5.41) is 4.85. The molecule has 2 aromatic rings. The fourth-order valence-electron chi connectivity index (χ4n) is 1.33. The molecule has 1 aromatic heterocycles. The van der Waals surface area contributed by atoms with E-state index in [0.717, 1.165) is 0 Å². The lowest BCUT2D eigenvalue weighted by atomic mass is 10.2. The minimum atomic E-state index is -0.316. The van der Waals surface area contributed by atoms with Gasteiger partial charge in [0.05, 0.1) is 11.2 Å². The zero-order chi connectivity index (χ0) is 13.7. The number of nitrogens with zero attached hydrogens (tertiary/aromatic N) is 2. The van der Waals surface area contributed by atoms with Gasteiger partial charge in [-0.05, 0) is 24.3 Å². The summed E-state index contributed by atoms with van der Waals surface area (Å²) in [5.41, 5.74) is 3.55. The van der Waals surface area contributed by atoms with Crippen LogP contribution in [-0.2, 0) is 0 Å². The van der Waals surface area contributed by atoms with E-state index in [1.54, 1.807) is 30.3 Å². The van der Waals surface area contributed by atoms with Crippen molar-refractivity contribution in [3.63, 3.8) is 0 Å². The van der Waals surface area contributed by atoms with Crippen LogP contribution in [0.25, 0.3) is 0 Å². The molecule has 0 bridgehead atoms. The van der Waals surface area contributed by atoms with Crippen LogP contribution in [0.5, 0.6) is 0 Å². The van der Waals surface area contributed by atoms with Crippen molar-refractivity contribution in [1.82, 2.24) is 10.4 Å². The average Bonchev–Trinajstić information content (AvgIpc) is 2.42. The second kappa shape index (κ2) is 6.31. The highest BCUT2D eigenvalue weighted by atomic mass is 35.5. The molecule has 0 saturated heterocycles. The summed E-state index contributed by atoms with van der Waals surface area (Å²) in [6, 6.07) is 8.21. The number of rotatable bonds is 3. The van der Waals surface area contributed by atoms with Gasteiger partial charge in [0.1, 0.15) is 0 Å². The summed E-state index contributed by atoms with van der Waals surface area (Å²) >= 11 is 11.7. The van der Waals surface area contributed by atoms with Crippen LogP contribution in [0, 0.1) is 0 Å². The summed E-state index contributed by atoms with van der Waals surface area (Å²) in [4.78, 5) is 15.5. The van der Waals surface area contributed by atoms with Crippen molar-refractivity contribution in [3.8, 4) is 0 Å². The number of hydrogen-bond donors (Lipinski definition) is 1. The number of hydrazone groups is 1. The van der Waals surface area contributed by atoms with Crippen molar-refractivity contribution in [2.45, 2.75) is 0 Å². The van der Waals surface area contributed by atoms with Crippen LogP contribution in [0.2, 0.25) is 10.0 Å². The Morgan fingerprint density at radius 2 is 1.95 bits per heavy atom. The molecule has 0 radical (unpaired) electrons. The maximum Gasteiger partial charge on any atom is 0.271 e. The molecule has 0 unspecified atom stereocenters. The topological polar surface area (TPSA) is 54.4 Å². The maximum absolute atomic E-state index is 11.7. The smallest absolute Gasteiger partial charge is 0.267 e. The first-order valence-electron chi connectivity index (χ1n) is 5.35. The van der Waals surface area contributed by atoms with Crippen LogP contribution in [0.3, 0.4) is 0 Å². The number of halogens is 2. The molecular formula is C13H9Cl2N3O. The summed E-state index contributed by atoms with van der Waals surface area (Å²) in [7, 11) is 0. The first-order chi connectivity index (χ1) is 9.16. The van der Waals surface area contributed by atoms with Gasteiger partial charge in [0.2, 0.25) is 0 Å². The van der Waals surface area contributed by atoms with Crippen molar-refractivity contribution in [2.75, 3.05) is 0 Å². The maximum atomic E-state index is 11.7. The fraction of sp³-hybridized carbons (Fsp3) is 0. The Morgan fingerprint density at radius 1 is 1.21 bits per heavy atom. The standard InChI is InChI=1S/C13H9Cl2N3O/c14-11-2-1-10(12(15)7-11)8-17-18-13(19)9-3-5-16-6-4-9/h1-8H,(H,18,19)/b17-8+. The van der Waals surface area contributed by atoms with E-state index in [9.17, 15) is 4.79 Å². The third kappa shape index (κ3) is 3.77. The van der Waals surface area contributed by atoms with Gasteiger partial charge in [0.25, 0.3) is 5.91 Å². The van der Waals surface area contributed by atoms with Gasteiger partial charge in [-0.3, -0.25) is 9.78 Å². The van der Waals surface area contributed by atoms with E-state index in [1.165, 1.54) is 18.6 Å². The molecule has 1 heterocycles. The Labute approximate surface area is 120 Å². The van der Waals surface area contributed by atoms with Crippen molar-refractivity contribution in [3.05, 3.63) is 63.9 Å². The second-order valence-electron chi connectivity index (χ2n) is 3.60. The summed E-state index contributed by atoms with van der Waals surface area (Å²) in [6.07, 6.45) is 4.53. The highest BCUT2D eigenvalue weighted by Gasteiger charge is 2.02. The first-order valence-corrected chi connectivity index (χ1v) is 6.11. The SMILES string of the molecule is O=C(N/N=C/c1ccc(Cl)cc1Cl)c1ccncc1. The third-order valence-corrected chi connectivity index (χ3v) is 2.84. The van der Waals surface area contributed by atoms with E-state index in [-0.39, 0.29) is 5.91 Å². The Hall–Kier alpha value is -1.91. The average molecular weight is 294 g/mol. The Morgan fingerprint density at radius 3 is 2.63 bits per heavy atom. The second-order valence-corrected chi connectivity index (χ2v) is 4.44. The fourth-order valence-corrected chi connectivity index (χ4v) is 1.79. The Balaban J connectivity index is 2.02. The highest BCUT2D eigenvalue weighted by molar-refractivity contribution is 6.36. The van der Waals surface area contributed by atoms with Crippen LogP contribution in [-0.4, -0.2) is 17.1 Å². The lowest BCUT2D eigenvalue weighted by Crippen LogP contribution is -2.17. The molecular weight excluding hydrogens is 285 g/mol. The molecule has 0 spiro atoms. The number of hydrogen-bond acceptors (Lipinski definition) is 3. The molecule has 96 valence electrons. The normalized spacial score (nSPS) is 10.6. The van der Waals surface area contributed by atoms with Crippen molar-refractivity contribution in [2.24, 2.45) is 5.10 Å². The molecule has 1 amide bonds. The monoisotopic (exact) mass is 293 g/mol. The Kier molecular flexibility index (Phi) is 4.49. The van der Waals surface area contributed by atoms with E-state index in [2.05, 4.69) is 15.5 Å². The zero-order valence-corrected chi connectivity index (χ0v) is 11.2. The van der Waals surface area contributed by atoms with Gasteiger partial charge in [-0.15, -0.1) is 0 Å². The van der Waals surface area contributed by atoms with Gasteiger partial charge in [-0.1, -0.05) is 29.3 Å². The predicted octanol–water partition coefficient (Wildman–Crippen LogP) is 3.15. The first kappa shape index (κ1) is 13.5. The molecule has 0 fully saturated rings. The number of benzene rings is 1. The number of carbonyl (C=O) groups is 1. The molecule has 0 atom stereocenters. The molecule has 19 heavy (non-hydrogen) atoms. The molecule has 1 aromatic carbocycles. The largest absolute Gasteiger partial charge is 0.271 e. The molecule has 0 saturated carbocycles. The number of aromatic nitrogens is 1. The van der Waals surface area contributed by atoms with Crippen LogP contribution in [0.4, 0.5) is 0 Å². The van der Waals surface area contributed by atoms with Crippen molar-refractivity contribution >= 4 is 35.3 Å². The highest BCUT2D eigenvalue weighted by Crippen LogP contribution is 2.19. The third-order valence-electron chi connectivity index (χ3n) is 2.27. The quantitative estimate of drug-likeness (QED) is 0.698. The molecule has 2 rings (SSSR count). The molecule has 6 heteroatoms. The molecule has 4 nitrogen and oxygen atoms in total. The number of carbonyl (C=O) groups excluding carboxylic acids is 1. The van der Waals surface area contributed by atoms with Gasteiger partial charge in [0.15, 0.2) is 0 Å². The van der Waals surface area contributed by atoms with Crippen molar-refractivity contribution < 1.29 is 4.79 Å². The minimum Gasteiger partial charge on any atom is -0.267 e. The van der Waals surface area contributed by atoms with Crippen LogP contribution >= 0.6 is 23.2 Å². The summed E-state index contributed by atoms with van der Waals surface area (Å²) in [5.74, 6) is -0.316. The number of nitrogens with one attached hydrogen (secondary N) is 1. The molecule has 0 aliphatic carbocycles. The van der Waals surface area contributed by atoms with E-state index >= 15 is 0 Å². The van der Waals surface area contributed by atoms with E-state index in [1.807, 2.05) is 0 Å². The number of amides is 1. The lowest BCUT2D eigenvalue weighted by molar-refractivity contribution is 0.0955. The van der Waals surface area contributed by atoms with E-state index < -0.39 is 0 Å². The van der Waals surface area contributed by atoms with Gasteiger partial charge < -0.3 is 0 Å². The summed E-state index contributed by atoms with van der Waals surface area (Å²) < 4.78 is 0. The lowest BCUT2D eigenvalue weighted by Gasteiger charge is -2.00. The summed E-state index contributed by atoms with van der Waals surface area (Å²) in [6.45, 7) is 0.